The SMILES string of the molecule is c1ccc(-c2ccc(N(c3ccccc3)c3ccc(-c4ccc5c(-c6ccccc6)cc6oc7ccccc7c6c5c4)cc3)cc2)cc1. The summed E-state index contributed by atoms with van der Waals surface area (Å²) in [5.41, 5.74) is 12.3. The van der Waals surface area contributed by atoms with E-state index in [9.17, 15) is 0 Å². The molecule has 9 aromatic rings. The molecule has 0 aliphatic carbocycles. The lowest BCUT2D eigenvalue weighted by Crippen LogP contribution is -2.09. The van der Waals surface area contributed by atoms with Crippen LogP contribution in [0.15, 0.2) is 192 Å². The molecule has 9 rings (SSSR count). The highest BCUT2D eigenvalue weighted by molar-refractivity contribution is 6.22. The van der Waals surface area contributed by atoms with Crippen LogP contribution in [-0.4, -0.2) is 0 Å². The fraction of sp³-hybridized carbons (Fsp3) is 0. The van der Waals surface area contributed by atoms with Gasteiger partial charge in [-0.25, -0.2) is 0 Å². The van der Waals surface area contributed by atoms with Crippen molar-refractivity contribution >= 4 is 49.8 Å². The van der Waals surface area contributed by atoms with E-state index in [2.05, 4.69) is 187 Å². The molecule has 0 bridgehead atoms. The van der Waals surface area contributed by atoms with Gasteiger partial charge in [-0.15, -0.1) is 0 Å². The van der Waals surface area contributed by atoms with E-state index in [0.717, 1.165) is 39.0 Å². The second-order valence-electron chi connectivity index (χ2n) is 12.2. The van der Waals surface area contributed by atoms with E-state index >= 15 is 0 Å². The largest absolute Gasteiger partial charge is 0.456 e. The van der Waals surface area contributed by atoms with Crippen LogP contribution in [0.1, 0.15) is 0 Å². The maximum atomic E-state index is 6.42. The summed E-state index contributed by atoms with van der Waals surface area (Å²) < 4.78 is 6.42. The molecule has 0 unspecified atom stereocenters. The third-order valence-electron chi connectivity index (χ3n) is 9.27. The van der Waals surface area contributed by atoms with Gasteiger partial charge in [0.1, 0.15) is 11.2 Å². The third kappa shape index (κ3) is 4.92. The molecule has 2 nitrogen and oxygen atoms in total. The molecule has 0 amide bonds. The summed E-state index contributed by atoms with van der Waals surface area (Å²) in [5.74, 6) is 0. The zero-order chi connectivity index (χ0) is 31.9. The van der Waals surface area contributed by atoms with Crippen LogP contribution in [0, 0.1) is 0 Å². The van der Waals surface area contributed by atoms with E-state index in [0.29, 0.717) is 0 Å². The van der Waals surface area contributed by atoms with Crippen LogP contribution >= 0.6 is 0 Å². The number of rotatable bonds is 6. The Labute approximate surface area is 279 Å². The standard InChI is InChI=1S/C46H31NO/c1-4-12-32(13-5-1)33-20-25-38(26-21-33)47(37-16-8-3-9-17-37)39-27-22-34(23-28-39)36-24-29-40-42(35-14-6-2-7-15-35)31-45-46(43(40)30-36)41-18-10-11-19-44(41)48-45/h1-31H. The zero-order valence-corrected chi connectivity index (χ0v) is 26.3. The van der Waals surface area contributed by atoms with Crippen LogP contribution in [0.2, 0.25) is 0 Å². The lowest BCUT2D eigenvalue weighted by atomic mass is 9.92. The fourth-order valence-electron chi connectivity index (χ4n) is 6.94. The van der Waals surface area contributed by atoms with Crippen molar-refractivity contribution in [2.45, 2.75) is 0 Å². The summed E-state index contributed by atoms with van der Waals surface area (Å²) in [6.07, 6.45) is 0. The number of hydrogen-bond acceptors (Lipinski definition) is 2. The summed E-state index contributed by atoms with van der Waals surface area (Å²) in [4.78, 5) is 2.31. The number of fused-ring (bicyclic) bond motifs is 5. The van der Waals surface area contributed by atoms with E-state index < -0.39 is 0 Å². The maximum absolute atomic E-state index is 6.42. The Kier molecular flexibility index (Phi) is 6.84. The van der Waals surface area contributed by atoms with Crippen molar-refractivity contribution in [1.82, 2.24) is 0 Å². The van der Waals surface area contributed by atoms with Gasteiger partial charge in [-0.05, 0) is 98.8 Å². The quantitative estimate of drug-likeness (QED) is 0.185. The molecule has 0 spiro atoms. The van der Waals surface area contributed by atoms with Gasteiger partial charge in [0, 0.05) is 27.8 Å². The fourth-order valence-corrected chi connectivity index (χ4v) is 6.94. The zero-order valence-electron chi connectivity index (χ0n) is 26.3. The molecular weight excluding hydrogens is 583 g/mol. The number of nitrogens with zero attached hydrogens (tertiary/aromatic N) is 1. The van der Waals surface area contributed by atoms with Crippen LogP contribution in [0.25, 0.3) is 66.1 Å². The molecule has 8 aromatic carbocycles. The Morgan fingerprint density at radius 2 is 0.812 bits per heavy atom. The van der Waals surface area contributed by atoms with Crippen molar-refractivity contribution in [2.75, 3.05) is 4.90 Å². The van der Waals surface area contributed by atoms with Crippen LogP contribution in [0.3, 0.4) is 0 Å². The monoisotopic (exact) mass is 613 g/mol. The predicted octanol–water partition coefficient (Wildman–Crippen LogP) is 13.2. The molecule has 0 saturated carbocycles. The Morgan fingerprint density at radius 3 is 1.48 bits per heavy atom. The van der Waals surface area contributed by atoms with Crippen LogP contribution in [0.4, 0.5) is 17.1 Å². The Morgan fingerprint density at radius 1 is 0.312 bits per heavy atom. The topological polar surface area (TPSA) is 16.4 Å². The first-order valence-electron chi connectivity index (χ1n) is 16.3. The smallest absolute Gasteiger partial charge is 0.136 e. The predicted molar refractivity (Wildman–Crippen MR) is 202 cm³/mol. The molecule has 48 heavy (non-hydrogen) atoms. The molecule has 0 aliphatic rings. The average Bonchev–Trinajstić information content (AvgIpc) is 3.55. The van der Waals surface area contributed by atoms with E-state index in [-0.39, 0.29) is 0 Å². The first-order chi connectivity index (χ1) is 23.8. The molecule has 2 heteroatoms. The summed E-state index contributed by atoms with van der Waals surface area (Å²) in [6.45, 7) is 0. The third-order valence-corrected chi connectivity index (χ3v) is 9.27. The van der Waals surface area contributed by atoms with Gasteiger partial charge < -0.3 is 9.32 Å². The van der Waals surface area contributed by atoms with Crippen molar-refractivity contribution in [3.8, 4) is 33.4 Å². The van der Waals surface area contributed by atoms with Crippen LogP contribution < -0.4 is 4.90 Å². The van der Waals surface area contributed by atoms with Crippen molar-refractivity contribution in [2.24, 2.45) is 0 Å². The molecule has 0 aliphatic heterocycles. The molecule has 0 N–H and O–H groups in total. The van der Waals surface area contributed by atoms with Crippen LogP contribution in [0.5, 0.6) is 0 Å². The summed E-state index contributed by atoms with van der Waals surface area (Å²) in [7, 11) is 0. The summed E-state index contributed by atoms with van der Waals surface area (Å²) in [5, 5.41) is 4.71. The Balaban J connectivity index is 1.14. The molecular formula is C46H31NO. The lowest BCUT2D eigenvalue weighted by Gasteiger charge is -2.26. The van der Waals surface area contributed by atoms with Crippen molar-refractivity contribution < 1.29 is 4.42 Å². The van der Waals surface area contributed by atoms with Gasteiger partial charge >= 0.3 is 0 Å². The second-order valence-corrected chi connectivity index (χ2v) is 12.2. The van der Waals surface area contributed by atoms with Crippen molar-refractivity contribution in [1.29, 1.82) is 0 Å². The van der Waals surface area contributed by atoms with Gasteiger partial charge in [-0.2, -0.15) is 0 Å². The van der Waals surface area contributed by atoms with Crippen molar-refractivity contribution in [3.63, 3.8) is 0 Å². The lowest BCUT2D eigenvalue weighted by molar-refractivity contribution is 0.669. The molecule has 1 heterocycles. The Bertz CT molecular complexity index is 2520. The van der Waals surface area contributed by atoms with Gasteiger partial charge in [0.25, 0.3) is 0 Å². The number of hydrogen-bond donors (Lipinski definition) is 0. The molecule has 0 fully saturated rings. The van der Waals surface area contributed by atoms with Crippen molar-refractivity contribution in [3.05, 3.63) is 188 Å². The van der Waals surface area contributed by atoms with Gasteiger partial charge in [0.05, 0.1) is 0 Å². The average molecular weight is 614 g/mol. The van der Waals surface area contributed by atoms with E-state index in [4.69, 9.17) is 4.42 Å². The number of para-hydroxylation sites is 2. The molecule has 0 radical (unpaired) electrons. The summed E-state index contributed by atoms with van der Waals surface area (Å²) >= 11 is 0. The Hall–Kier alpha value is -6.38. The highest BCUT2D eigenvalue weighted by Gasteiger charge is 2.17. The van der Waals surface area contributed by atoms with Gasteiger partial charge in [-0.3, -0.25) is 0 Å². The highest BCUT2D eigenvalue weighted by atomic mass is 16.3. The van der Waals surface area contributed by atoms with E-state index in [1.54, 1.807) is 0 Å². The van der Waals surface area contributed by atoms with E-state index in [1.165, 1.54) is 44.2 Å². The van der Waals surface area contributed by atoms with Crippen LogP contribution in [-0.2, 0) is 0 Å². The minimum absolute atomic E-state index is 0.909. The number of benzene rings is 8. The highest BCUT2D eigenvalue weighted by Crippen LogP contribution is 2.42. The maximum Gasteiger partial charge on any atom is 0.136 e. The molecule has 0 atom stereocenters. The number of anilines is 3. The minimum Gasteiger partial charge on any atom is -0.456 e. The summed E-state index contributed by atoms with van der Waals surface area (Å²) in [6, 6.07) is 66.8. The van der Waals surface area contributed by atoms with Gasteiger partial charge in [0.15, 0.2) is 0 Å². The van der Waals surface area contributed by atoms with E-state index in [1.807, 2.05) is 6.07 Å². The number of furan rings is 1. The molecule has 226 valence electrons. The van der Waals surface area contributed by atoms with Gasteiger partial charge in [0.2, 0.25) is 0 Å². The first kappa shape index (κ1) is 27.9. The van der Waals surface area contributed by atoms with Gasteiger partial charge in [-0.1, -0.05) is 133 Å². The molecule has 1 aromatic heterocycles. The minimum atomic E-state index is 0.909. The normalized spacial score (nSPS) is 11.3. The molecule has 0 saturated heterocycles. The second kappa shape index (κ2) is 11.8. The first-order valence-corrected chi connectivity index (χ1v) is 16.3.